The Labute approximate surface area is 94.2 Å². The van der Waals surface area contributed by atoms with E-state index in [4.69, 9.17) is 11.6 Å². The third-order valence-electron chi connectivity index (χ3n) is 2.59. The number of rotatable bonds is 2. The zero-order chi connectivity index (χ0) is 9.97. The molecule has 76 valence electrons. The third-order valence-corrected chi connectivity index (χ3v) is 4.25. The molecule has 0 bridgehead atoms. The predicted octanol–water partition coefficient (Wildman–Crippen LogP) is 3.65. The lowest BCUT2D eigenvalue weighted by molar-refractivity contribution is 0.724. The van der Waals surface area contributed by atoms with Crippen molar-refractivity contribution in [2.75, 3.05) is 11.1 Å². The predicted molar refractivity (Wildman–Crippen MR) is 65.4 cm³/mol. The van der Waals surface area contributed by atoms with E-state index in [-0.39, 0.29) is 0 Å². The molecule has 1 aromatic rings. The highest BCUT2D eigenvalue weighted by molar-refractivity contribution is 8.00. The Bertz CT molecular complexity index is 316. The second kappa shape index (κ2) is 4.45. The van der Waals surface area contributed by atoms with Crippen molar-refractivity contribution in [3.8, 4) is 0 Å². The normalized spacial score (nSPS) is 26.4. The third kappa shape index (κ3) is 2.18. The molecule has 1 aliphatic rings. The molecule has 0 spiro atoms. The van der Waals surface area contributed by atoms with Gasteiger partial charge in [0.25, 0.3) is 0 Å². The van der Waals surface area contributed by atoms with Crippen LogP contribution in [-0.2, 0) is 0 Å². The maximum absolute atomic E-state index is 6.08. The van der Waals surface area contributed by atoms with Gasteiger partial charge in [0, 0.05) is 11.3 Å². The lowest BCUT2D eigenvalue weighted by Gasteiger charge is -2.18. The van der Waals surface area contributed by atoms with Crippen LogP contribution in [0.15, 0.2) is 24.3 Å². The maximum Gasteiger partial charge on any atom is 0.0637 e. The molecule has 1 aliphatic heterocycles. The first-order valence-corrected chi connectivity index (χ1v) is 6.33. The molecule has 0 radical (unpaired) electrons. The SMILES string of the molecule is CC1SCCC1Nc1ccccc1Cl. The second-order valence-corrected chi connectivity index (χ2v) is 5.49. The molecular formula is C11H14ClNS. The van der Waals surface area contributed by atoms with E-state index in [0.29, 0.717) is 11.3 Å². The molecule has 1 aromatic carbocycles. The zero-order valence-electron chi connectivity index (χ0n) is 8.16. The average Bonchev–Trinajstić information content (AvgIpc) is 2.56. The minimum atomic E-state index is 0.569. The van der Waals surface area contributed by atoms with Gasteiger partial charge < -0.3 is 5.32 Å². The van der Waals surface area contributed by atoms with Crippen molar-refractivity contribution < 1.29 is 0 Å². The van der Waals surface area contributed by atoms with Crippen molar-refractivity contribution in [1.29, 1.82) is 0 Å². The first-order chi connectivity index (χ1) is 6.77. The molecular weight excluding hydrogens is 214 g/mol. The van der Waals surface area contributed by atoms with Gasteiger partial charge in [-0.3, -0.25) is 0 Å². The average molecular weight is 228 g/mol. The lowest BCUT2D eigenvalue weighted by atomic mass is 10.1. The number of halogens is 1. The Morgan fingerprint density at radius 2 is 2.21 bits per heavy atom. The number of hydrogen-bond acceptors (Lipinski definition) is 2. The molecule has 2 atom stereocenters. The summed E-state index contributed by atoms with van der Waals surface area (Å²) < 4.78 is 0. The van der Waals surface area contributed by atoms with Crippen LogP contribution in [0.3, 0.4) is 0 Å². The minimum absolute atomic E-state index is 0.569. The van der Waals surface area contributed by atoms with Gasteiger partial charge in [-0.05, 0) is 24.3 Å². The van der Waals surface area contributed by atoms with Gasteiger partial charge in [-0.2, -0.15) is 11.8 Å². The Hall–Kier alpha value is -0.340. The highest BCUT2D eigenvalue weighted by Gasteiger charge is 2.23. The highest BCUT2D eigenvalue weighted by Crippen LogP contribution is 2.30. The highest BCUT2D eigenvalue weighted by atomic mass is 35.5. The smallest absolute Gasteiger partial charge is 0.0637 e. The summed E-state index contributed by atoms with van der Waals surface area (Å²) in [5, 5.41) is 5.01. The Kier molecular flexibility index (Phi) is 3.24. The van der Waals surface area contributed by atoms with E-state index >= 15 is 0 Å². The van der Waals surface area contributed by atoms with Crippen LogP contribution in [0.1, 0.15) is 13.3 Å². The molecule has 1 N–H and O–H groups in total. The second-order valence-electron chi connectivity index (χ2n) is 3.60. The molecule has 0 saturated carbocycles. The maximum atomic E-state index is 6.08. The van der Waals surface area contributed by atoms with Gasteiger partial charge in [0.2, 0.25) is 0 Å². The quantitative estimate of drug-likeness (QED) is 0.828. The number of para-hydroxylation sites is 1. The molecule has 14 heavy (non-hydrogen) atoms. The Morgan fingerprint density at radius 1 is 1.43 bits per heavy atom. The lowest BCUT2D eigenvalue weighted by Crippen LogP contribution is -2.24. The van der Waals surface area contributed by atoms with Gasteiger partial charge in [-0.15, -0.1) is 0 Å². The molecule has 1 saturated heterocycles. The summed E-state index contributed by atoms with van der Waals surface area (Å²) in [6, 6.07) is 8.51. The van der Waals surface area contributed by atoms with Crippen LogP contribution in [0, 0.1) is 0 Å². The van der Waals surface area contributed by atoms with Crippen molar-refractivity contribution in [1.82, 2.24) is 0 Å². The van der Waals surface area contributed by atoms with Crippen LogP contribution >= 0.6 is 23.4 Å². The first-order valence-electron chi connectivity index (χ1n) is 4.90. The van der Waals surface area contributed by atoms with Gasteiger partial charge in [0.15, 0.2) is 0 Å². The monoisotopic (exact) mass is 227 g/mol. The summed E-state index contributed by atoms with van der Waals surface area (Å²) in [5.41, 5.74) is 1.06. The largest absolute Gasteiger partial charge is 0.380 e. The summed E-state index contributed by atoms with van der Waals surface area (Å²) in [6.07, 6.45) is 1.23. The molecule has 1 nitrogen and oxygen atoms in total. The summed E-state index contributed by atoms with van der Waals surface area (Å²) in [4.78, 5) is 0. The fourth-order valence-corrected chi connectivity index (χ4v) is 3.09. The van der Waals surface area contributed by atoms with Crippen molar-refractivity contribution in [3.63, 3.8) is 0 Å². The van der Waals surface area contributed by atoms with E-state index in [0.717, 1.165) is 10.7 Å². The van der Waals surface area contributed by atoms with Crippen LogP contribution in [-0.4, -0.2) is 17.0 Å². The van der Waals surface area contributed by atoms with Crippen molar-refractivity contribution in [3.05, 3.63) is 29.3 Å². The summed E-state index contributed by atoms with van der Waals surface area (Å²) in [6.45, 7) is 2.27. The molecule has 1 heterocycles. The molecule has 0 amide bonds. The summed E-state index contributed by atoms with van der Waals surface area (Å²) in [5.74, 6) is 1.25. The van der Waals surface area contributed by atoms with Crippen LogP contribution < -0.4 is 5.32 Å². The van der Waals surface area contributed by atoms with E-state index in [9.17, 15) is 0 Å². The number of thioether (sulfide) groups is 1. The van der Waals surface area contributed by atoms with Crippen molar-refractivity contribution in [2.24, 2.45) is 0 Å². The van der Waals surface area contributed by atoms with Crippen molar-refractivity contribution in [2.45, 2.75) is 24.6 Å². The van der Waals surface area contributed by atoms with Gasteiger partial charge in [-0.25, -0.2) is 0 Å². The number of anilines is 1. The number of benzene rings is 1. The Balaban J connectivity index is 2.07. The summed E-state index contributed by atoms with van der Waals surface area (Å²) in [7, 11) is 0. The van der Waals surface area contributed by atoms with Crippen molar-refractivity contribution >= 4 is 29.1 Å². The zero-order valence-corrected chi connectivity index (χ0v) is 9.74. The minimum Gasteiger partial charge on any atom is -0.380 e. The number of nitrogens with one attached hydrogen (secondary N) is 1. The van der Waals surface area contributed by atoms with Crippen LogP contribution in [0.2, 0.25) is 5.02 Å². The van der Waals surface area contributed by atoms with Crippen LogP contribution in [0.25, 0.3) is 0 Å². The molecule has 2 unspecified atom stereocenters. The van der Waals surface area contributed by atoms with Gasteiger partial charge in [0.1, 0.15) is 0 Å². The van der Waals surface area contributed by atoms with Gasteiger partial charge >= 0.3 is 0 Å². The molecule has 0 aromatic heterocycles. The molecule has 0 aliphatic carbocycles. The van der Waals surface area contributed by atoms with E-state index in [1.165, 1.54) is 12.2 Å². The van der Waals surface area contributed by atoms with Gasteiger partial charge in [0.05, 0.1) is 10.7 Å². The molecule has 1 fully saturated rings. The Morgan fingerprint density at radius 3 is 2.86 bits per heavy atom. The first kappa shape index (κ1) is 10.2. The molecule has 2 rings (SSSR count). The van der Waals surface area contributed by atoms with E-state index < -0.39 is 0 Å². The number of hydrogen-bond donors (Lipinski definition) is 1. The molecule has 3 heteroatoms. The van der Waals surface area contributed by atoms with Crippen LogP contribution in [0.5, 0.6) is 0 Å². The summed E-state index contributed by atoms with van der Waals surface area (Å²) >= 11 is 8.11. The fraction of sp³-hybridized carbons (Fsp3) is 0.455. The van der Waals surface area contributed by atoms with E-state index in [2.05, 4.69) is 12.2 Å². The van der Waals surface area contributed by atoms with Crippen LogP contribution in [0.4, 0.5) is 5.69 Å². The van der Waals surface area contributed by atoms with E-state index in [1.807, 2.05) is 36.0 Å². The standard InChI is InChI=1S/C11H14ClNS/c1-8-10(6-7-14-8)13-11-5-3-2-4-9(11)12/h2-5,8,10,13H,6-7H2,1H3. The van der Waals surface area contributed by atoms with Gasteiger partial charge in [-0.1, -0.05) is 30.7 Å². The fourth-order valence-electron chi connectivity index (χ4n) is 1.70. The topological polar surface area (TPSA) is 12.0 Å². The van der Waals surface area contributed by atoms with E-state index in [1.54, 1.807) is 0 Å².